The minimum absolute atomic E-state index is 0.0206. The van der Waals surface area contributed by atoms with Crippen molar-refractivity contribution >= 4 is 17.6 Å². The van der Waals surface area contributed by atoms with Crippen LogP contribution in [0.3, 0.4) is 0 Å². The summed E-state index contributed by atoms with van der Waals surface area (Å²) in [6, 6.07) is 6.43. The van der Waals surface area contributed by atoms with Crippen molar-refractivity contribution in [1.29, 1.82) is 0 Å². The Balaban J connectivity index is 1.93. The van der Waals surface area contributed by atoms with Gasteiger partial charge in [0.1, 0.15) is 18.6 Å². The molecule has 0 saturated carbocycles. The van der Waals surface area contributed by atoms with Crippen LogP contribution in [0.4, 0.5) is 5.69 Å². The predicted octanol–water partition coefficient (Wildman–Crippen LogP) is -0.225. The van der Waals surface area contributed by atoms with Gasteiger partial charge in [0.05, 0.1) is 0 Å². The lowest BCUT2D eigenvalue weighted by atomic mass is 10.3. The molecule has 0 spiro atoms. The summed E-state index contributed by atoms with van der Waals surface area (Å²) in [4.78, 5) is 22.1. The molecule has 2 aromatic rings. The van der Waals surface area contributed by atoms with Crippen molar-refractivity contribution in [1.82, 2.24) is 20.2 Å². The number of benzene rings is 1. The molecule has 0 radical (unpaired) electrons. The fraction of sp³-hybridized carbons (Fsp3) is 0.182. The SMILES string of the molecule is O=C(O)COc1cccc(NC(=O)Cn2cnnn2)c1. The fourth-order valence-corrected chi connectivity index (χ4v) is 1.41. The Labute approximate surface area is 113 Å². The first kappa shape index (κ1) is 13.5. The molecule has 20 heavy (non-hydrogen) atoms. The number of hydrogen-bond acceptors (Lipinski definition) is 6. The molecule has 2 N–H and O–H groups in total. The number of carbonyl (C=O) groups excluding carboxylic acids is 1. The highest BCUT2D eigenvalue weighted by atomic mass is 16.5. The molecule has 0 atom stereocenters. The minimum Gasteiger partial charge on any atom is -0.482 e. The summed E-state index contributed by atoms with van der Waals surface area (Å²) in [6.45, 7) is -0.463. The highest BCUT2D eigenvalue weighted by Gasteiger charge is 2.06. The Morgan fingerprint density at radius 3 is 2.95 bits per heavy atom. The van der Waals surface area contributed by atoms with Gasteiger partial charge in [-0.3, -0.25) is 4.79 Å². The molecule has 9 nitrogen and oxygen atoms in total. The summed E-state index contributed by atoms with van der Waals surface area (Å²) < 4.78 is 6.29. The minimum atomic E-state index is -1.07. The molecule has 1 amide bonds. The van der Waals surface area contributed by atoms with Crippen molar-refractivity contribution in [3.8, 4) is 5.75 Å². The lowest BCUT2D eigenvalue weighted by molar-refractivity contribution is -0.139. The lowest BCUT2D eigenvalue weighted by Crippen LogP contribution is -2.19. The van der Waals surface area contributed by atoms with Gasteiger partial charge in [0.2, 0.25) is 5.91 Å². The molecule has 0 saturated heterocycles. The van der Waals surface area contributed by atoms with Crippen LogP contribution in [-0.4, -0.2) is 43.8 Å². The van der Waals surface area contributed by atoms with Gasteiger partial charge >= 0.3 is 5.97 Å². The summed E-state index contributed by atoms with van der Waals surface area (Å²) in [7, 11) is 0. The zero-order valence-corrected chi connectivity index (χ0v) is 10.3. The molecule has 1 aromatic carbocycles. The lowest BCUT2D eigenvalue weighted by Gasteiger charge is -2.07. The number of carboxylic acids is 1. The second kappa shape index (κ2) is 6.27. The van der Waals surface area contributed by atoms with Gasteiger partial charge in [0, 0.05) is 11.8 Å². The van der Waals surface area contributed by atoms with Gasteiger partial charge in [0.15, 0.2) is 6.61 Å². The van der Waals surface area contributed by atoms with Crippen LogP contribution in [0.1, 0.15) is 0 Å². The third-order valence-electron chi connectivity index (χ3n) is 2.18. The first-order chi connectivity index (χ1) is 9.63. The van der Waals surface area contributed by atoms with Crippen molar-refractivity contribution < 1.29 is 19.4 Å². The number of ether oxygens (including phenoxy) is 1. The topological polar surface area (TPSA) is 119 Å². The molecule has 104 valence electrons. The number of carbonyl (C=O) groups is 2. The Morgan fingerprint density at radius 2 is 2.25 bits per heavy atom. The van der Waals surface area contributed by atoms with E-state index in [1.54, 1.807) is 18.2 Å². The highest BCUT2D eigenvalue weighted by Crippen LogP contribution is 2.17. The Morgan fingerprint density at radius 1 is 1.40 bits per heavy atom. The molecule has 0 fully saturated rings. The van der Waals surface area contributed by atoms with Crippen LogP contribution < -0.4 is 10.1 Å². The number of aliphatic carboxylic acids is 1. The number of nitrogens with one attached hydrogen (secondary N) is 1. The zero-order valence-electron chi connectivity index (χ0n) is 10.3. The van der Waals surface area contributed by atoms with E-state index in [2.05, 4.69) is 20.8 Å². The number of carboxylic acid groups (broad SMARTS) is 1. The summed E-state index contributed by atoms with van der Waals surface area (Å²) in [5.74, 6) is -1.03. The van der Waals surface area contributed by atoms with E-state index in [1.165, 1.54) is 17.1 Å². The predicted molar refractivity (Wildman–Crippen MR) is 66.0 cm³/mol. The number of nitrogens with zero attached hydrogens (tertiary/aromatic N) is 4. The quantitative estimate of drug-likeness (QED) is 0.748. The van der Waals surface area contributed by atoms with E-state index in [0.29, 0.717) is 11.4 Å². The zero-order chi connectivity index (χ0) is 14.4. The molecule has 2 rings (SSSR count). The van der Waals surface area contributed by atoms with Crippen molar-refractivity contribution in [3.63, 3.8) is 0 Å². The molecule has 0 aliphatic rings. The highest BCUT2D eigenvalue weighted by molar-refractivity contribution is 5.90. The molecule has 1 aromatic heterocycles. The number of rotatable bonds is 6. The normalized spacial score (nSPS) is 10.0. The first-order valence-corrected chi connectivity index (χ1v) is 5.59. The fourth-order valence-electron chi connectivity index (χ4n) is 1.41. The second-order valence-electron chi connectivity index (χ2n) is 3.77. The summed E-state index contributed by atoms with van der Waals surface area (Å²) >= 11 is 0. The van der Waals surface area contributed by atoms with E-state index in [4.69, 9.17) is 9.84 Å². The molecule has 1 heterocycles. The number of hydrogen-bond donors (Lipinski definition) is 2. The molecule has 0 bridgehead atoms. The number of amides is 1. The molecule has 0 aliphatic carbocycles. The average molecular weight is 277 g/mol. The first-order valence-electron chi connectivity index (χ1n) is 5.59. The third kappa shape index (κ3) is 4.05. The van der Waals surface area contributed by atoms with Crippen molar-refractivity contribution in [2.24, 2.45) is 0 Å². The summed E-state index contributed by atoms with van der Waals surface area (Å²) in [5.41, 5.74) is 0.492. The van der Waals surface area contributed by atoms with Crippen LogP contribution in [0, 0.1) is 0 Å². The van der Waals surface area contributed by atoms with E-state index in [-0.39, 0.29) is 12.5 Å². The largest absolute Gasteiger partial charge is 0.482 e. The van der Waals surface area contributed by atoms with Crippen molar-refractivity contribution in [3.05, 3.63) is 30.6 Å². The van der Waals surface area contributed by atoms with Crippen LogP contribution in [0.5, 0.6) is 5.75 Å². The molecular weight excluding hydrogens is 266 g/mol. The Kier molecular flexibility index (Phi) is 4.22. The second-order valence-corrected chi connectivity index (χ2v) is 3.77. The summed E-state index contributed by atoms with van der Waals surface area (Å²) in [5, 5.41) is 21.5. The van der Waals surface area contributed by atoms with Crippen LogP contribution in [0.15, 0.2) is 30.6 Å². The van der Waals surface area contributed by atoms with Gasteiger partial charge in [-0.25, -0.2) is 9.48 Å². The van der Waals surface area contributed by atoms with Crippen LogP contribution >= 0.6 is 0 Å². The van der Waals surface area contributed by atoms with E-state index in [9.17, 15) is 9.59 Å². The smallest absolute Gasteiger partial charge is 0.341 e. The summed E-state index contributed by atoms with van der Waals surface area (Å²) in [6.07, 6.45) is 1.33. The average Bonchev–Trinajstić information content (AvgIpc) is 2.89. The molecule has 0 unspecified atom stereocenters. The molecule has 0 aliphatic heterocycles. The number of aromatic nitrogens is 4. The Bertz CT molecular complexity index is 599. The van der Waals surface area contributed by atoms with E-state index >= 15 is 0 Å². The van der Waals surface area contributed by atoms with Gasteiger partial charge in [0.25, 0.3) is 0 Å². The molecule has 9 heteroatoms. The van der Waals surface area contributed by atoms with Crippen LogP contribution in [-0.2, 0) is 16.1 Å². The van der Waals surface area contributed by atoms with E-state index < -0.39 is 12.6 Å². The molecular formula is C11H11N5O4. The third-order valence-corrected chi connectivity index (χ3v) is 2.18. The maximum absolute atomic E-state index is 11.7. The van der Waals surface area contributed by atoms with E-state index in [1.807, 2.05) is 0 Å². The number of tetrazole rings is 1. The van der Waals surface area contributed by atoms with Crippen molar-refractivity contribution in [2.45, 2.75) is 6.54 Å². The van der Waals surface area contributed by atoms with Gasteiger partial charge in [-0.2, -0.15) is 0 Å². The maximum Gasteiger partial charge on any atom is 0.341 e. The van der Waals surface area contributed by atoms with Crippen LogP contribution in [0.2, 0.25) is 0 Å². The Hall–Kier alpha value is -2.97. The van der Waals surface area contributed by atoms with Crippen LogP contribution in [0.25, 0.3) is 0 Å². The van der Waals surface area contributed by atoms with Gasteiger partial charge in [-0.1, -0.05) is 6.07 Å². The maximum atomic E-state index is 11.7. The monoisotopic (exact) mass is 277 g/mol. The van der Waals surface area contributed by atoms with Gasteiger partial charge < -0.3 is 15.2 Å². The van der Waals surface area contributed by atoms with E-state index in [0.717, 1.165) is 0 Å². The van der Waals surface area contributed by atoms with Crippen molar-refractivity contribution in [2.75, 3.05) is 11.9 Å². The number of anilines is 1. The van der Waals surface area contributed by atoms with Gasteiger partial charge in [-0.15, -0.1) is 5.10 Å². The standard InChI is InChI=1S/C11H11N5O4/c17-10(5-16-7-12-14-15-16)13-8-2-1-3-9(4-8)20-6-11(18)19/h1-4,7H,5-6H2,(H,13,17)(H,18,19). The van der Waals surface area contributed by atoms with Gasteiger partial charge in [-0.05, 0) is 22.6 Å².